The highest BCUT2D eigenvalue weighted by Gasteiger charge is 2.56. The highest BCUT2D eigenvalue weighted by atomic mass is 16.5. The van der Waals surface area contributed by atoms with Crippen molar-refractivity contribution in [3.8, 4) is 11.8 Å². The molecule has 4 saturated carbocycles. The summed E-state index contributed by atoms with van der Waals surface area (Å²) in [5.41, 5.74) is 4.97. The molecule has 26 heavy (non-hydrogen) atoms. The number of nitrogens with zero attached hydrogens (tertiary/aromatic N) is 1. The molecule has 0 aromatic carbocycles. The van der Waals surface area contributed by atoms with Gasteiger partial charge < -0.3 is 15.2 Å². The van der Waals surface area contributed by atoms with E-state index in [2.05, 4.69) is 9.97 Å². The van der Waals surface area contributed by atoms with Crippen molar-refractivity contribution in [1.29, 1.82) is 0 Å². The molecule has 1 amide bonds. The summed E-state index contributed by atoms with van der Waals surface area (Å²) >= 11 is 0. The number of ether oxygens (including phenoxy) is 2. The summed E-state index contributed by atoms with van der Waals surface area (Å²) in [6.45, 7) is 3.72. The largest absolute Gasteiger partial charge is 0.476 e. The van der Waals surface area contributed by atoms with Crippen LogP contribution in [0.2, 0.25) is 0 Å². The number of carbonyl (C=O) groups excluding carboxylic acids is 1. The molecule has 0 radical (unpaired) electrons. The van der Waals surface area contributed by atoms with Gasteiger partial charge in [0.05, 0.1) is 12.2 Å². The maximum absolute atomic E-state index is 12.3. The smallest absolute Gasteiger partial charge is 0.351 e. The summed E-state index contributed by atoms with van der Waals surface area (Å²) in [5.74, 6) is 1.91. The fraction of sp³-hybridized carbons (Fsp3) is 0.737. The molecule has 4 bridgehead atoms. The van der Waals surface area contributed by atoms with Crippen molar-refractivity contribution in [1.82, 2.24) is 9.97 Å². The van der Waals surface area contributed by atoms with Crippen molar-refractivity contribution in [2.75, 3.05) is 0 Å². The first-order chi connectivity index (χ1) is 12.3. The Morgan fingerprint density at radius 2 is 1.77 bits per heavy atom. The Morgan fingerprint density at radius 3 is 2.27 bits per heavy atom. The molecule has 7 heteroatoms. The lowest BCUT2D eigenvalue weighted by Crippen LogP contribution is -2.57. The highest BCUT2D eigenvalue weighted by molar-refractivity contribution is 5.80. The van der Waals surface area contributed by atoms with Crippen LogP contribution in [0, 0.1) is 23.2 Å². The summed E-state index contributed by atoms with van der Waals surface area (Å²) < 4.78 is 11.5. The average molecular weight is 361 g/mol. The van der Waals surface area contributed by atoms with Crippen LogP contribution in [-0.4, -0.2) is 28.1 Å². The Hall–Kier alpha value is -2.05. The number of aromatic nitrogens is 2. The highest BCUT2D eigenvalue weighted by Crippen LogP contribution is 2.61. The van der Waals surface area contributed by atoms with Gasteiger partial charge in [-0.3, -0.25) is 9.78 Å². The van der Waals surface area contributed by atoms with E-state index < -0.39 is 17.7 Å². The quantitative estimate of drug-likeness (QED) is 0.806. The number of nitrogens with two attached hydrogens (primary N) is 1. The summed E-state index contributed by atoms with van der Waals surface area (Å²) in [7, 11) is 0. The molecule has 4 aliphatic carbocycles. The normalized spacial score (nSPS) is 33.3. The van der Waals surface area contributed by atoms with Crippen molar-refractivity contribution in [3.63, 3.8) is 0 Å². The molecule has 4 aliphatic rings. The number of rotatable bonds is 6. The zero-order valence-electron chi connectivity index (χ0n) is 15.4. The van der Waals surface area contributed by atoms with Crippen molar-refractivity contribution in [3.05, 3.63) is 16.6 Å². The monoisotopic (exact) mass is 361 g/mol. The van der Waals surface area contributed by atoms with Gasteiger partial charge in [0.2, 0.25) is 11.8 Å². The third kappa shape index (κ3) is 3.19. The van der Waals surface area contributed by atoms with E-state index in [1.54, 1.807) is 0 Å². The maximum atomic E-state index is 12.3. The fourth-order valence-electron chi connectivity index (χ4n) is 5.90. The van der Waals surface area contributed by atoms with Crippen LogP contribution in [0.3, 0.4) is 0 Å². The van der Waals surface area contributed by atoms with Gasteiger partial charge in [-0.25, -0.2) is 4.79 Å². The molecule has 4 fully saturated rings. The van der Waals surface area contributed by atoms with E-state index >= 15 is 0 Å². The molecule has 1 aromatic rings. The van der Waals surface area contributed by atoms with Gasteiger partial charge in [0.1, 0.15) is 0 Å². The molecule has 0 saturated heterocycles. The first-order valence-corrected chi connectivity index (χ1v) is 9.57. The molecule has 1 aromatic heterocycles. The molecule has 1 unspecified atom stereocenters. The topological polar surface area (TPSA) is 107 Å². The van der Waals surface area contributed by atoms with Crippen LogP contribution < -0.4 is 20.9 Å². The van der Waals surface area contributed by atoms with E-state index in [0.29, 0.717) is 17.8 Å². The predicted molar refractivity (Wildman–Crippen MR) is 94.8 cm³/mol. The minimum atomic E-state index is -0.753. The number of H-pyrrole nitrogens is 1. The predicted octanol–water partition coefficient (Wildman–Crippen LogP) is 2.01. The lowest BCUT2D eigenvalue weighted by atomic mass is 9.48. The lowest BCUT2D eigenvalue weighted by molar-refractivity contribution is -0.148. The summed E-state index contributed by atoms with van der Waals surface area (Å²) in [5, 5.41) is 0. The van der Waals surface area contributed by atoms with Crippen LogP contribution in [-0.2, 0) is 4.79 Å². The van der Waals surface area contributed by atoms with E-state index in [-0.39, 0.29) is 23.3 Å². The van der Waals surface area contributed by atoms with E-state index in [0.717, 1.165) is 19.3 Å². The van der Waals surface area contributed by atoms with E-state index in [9.17, 15) is 9.59 Å². The summed E-state index contributed by atoms with van der Waals surface area (Å²) in [6.07, 6.45) is 5.87. The molecule has 142 valence electrons. The first kappa shape index (κ1) is 17.4. The van der Waals surface area contributed by atoms with Crippen LogP contribution >= 0.6 is 0 Å². The molecule has 0 aliphatic heterocycles. The SMILES string of the molecule is CC(C)Oc1cc(OC(C(N)=O)C23CC4CC(CC(C4)C2)C3)nc(=O)[nH]1. The van der Waals surface area contributed by atoms with Gasteiger partial charge >= 0.3 is 5.69 Å². The van der Waals surface area contributed by atoms with Crippen molar-refractivity contribution in [2.24, 2.45) is 28.9 Å². The van der Waals surface area contributed by atoms with Gasteiger partial charge in [0.25, 0.3) is 5.91 Å². The number of amides is 1. The van der Waals surface area contributed by atoms with Gasteiger partial charge in [-0.05, 0) is 70.1 Å². The molecule has 5 rings (SSSR count). The van der Waals surface area contributed by atoms with E-state index in [1.165, 1.54) is 25.3 Å². The molecular formula is C19H27N3O4. The summed E-state index contributed by atoms with van der Waals surface area (Å²) in [6, 6.07) is 1.53. The van der Waals surface area contributed by atoms with Crippen molar-refractivity contribution in [2.45, 2.75) is 64.6 Å². The molecule has 3 N–H and O–H groups in total. The second-order valence-electron chi connectivity index (χ2n) is 8.74. The molecule has 0 spiro atoms. The third-order valence-corrected chi connectivity index (χ3v) is 6.20. The first-order valence-electron chi connectivity index (χ1n) is 9.57. The fourth-order valence-corrected chi connectivity index (χ4v) is 5.90. The van der Waals surface area contributed by atoms with Crippen LogP contribution in [0.25, 0.3) is 0 Å². The van der Waals surface area contributed by atoms with Gasteiger partial charge in [0, 0.05) is 5.41 Å². The van der Waals surface area contributed by atoms with E-state index in [1.807, 2.05) is 13.8 Å². The number of hydrogen-bond acceptors (Lipinski definition) is 5. The van der Waals surface area contributed by atoms with Gasteiger partial charge in [0.15, 0.2) is 6.10 Å². The second-order valence-corrected chi connectivity index (χ2v) is 8.74. The Balaban J connectivity index is 1.61. The Labute approximate surface area is 152 Å². The third-order valence-electron chi connectivity index (χ3n) is 6.20. The maximum Gasteiger partial charge on any atom is 0.351 e. The van der Waals surface area contributed by atoms with Crippen molar-refractivity contribution >= 4 is 5.91 Å². The second kappa shape index (κ2) is 6.28. The van der Waals surface area contributed by atoms with Crippen molar-refractivity contribution < 1.29 is 14.3 Å². The molecular weight excluding hydrogens is 334 g/mol. The lowest BCUT2D eigenvalue weighted by Gasteiger charge is -2.58. The number of aromatic amines is 1. The minimum absolute atomic E-state index is 0.101. The Kier molecular flexibility index (Phi) is 4.20. The van der Waals surface area contributed by atoms with E-state index in [4.69, 9.17) is 15.2 Å². The number of hydrogen-bond donors (Lipinski definition) is 2. The average Bonchev–Trinajstić information content (AvgIpc) is 2.49. The van der Waals surface area contributed by atoms with Crippen LogP contribution in [0.5, 0.6) is 11.8 Å². The minimum Gasteiger partial charge on any atom is -0.476 e. The number of nitrogens with one attached hydrogen (secondary N) is 1. The zero-order valence-corrected chi connectivity index (χ0v) is 15.4. The van der Waals surface area contributed by atoms with Crippen LogP contribution in [0.4, 0.5) is 0 Å². The number of carbonyl (C=O) groups is 1. The van der Waals surface area contributed by atoms with Gasteiger partial charge in [-0.2, -0.15) is 4.98 Å². The Bertz CT molecular complexity index is 722. The van der Waals surface area contributed by atoms with Crippen LogP contribution in [0.15, 0.2) is 10.9 Å². The molecule has 7 nitrogen and oxygen atoms in total. The zero-order chi connectivity index (χ0) is 18.5. The van der Waals surface area contributed by atoms with Gasteiger partial charge in [-0.1, -0.05) is 0 Å². The molecule has 1 heterocycles. The van der Waals surface area contributed by atoms with Gasteiger partial charge in [-0.15, -0.1) is 0 Å². The molecule has 1 atom stereocenters. The standard InChI is InChI=1S/C19H27N3O4/c1-10(2)25-14-6-15(22-18(24)21-14)26-16(17(20)23)19-7-11-3-12(8-19)5-13(4-11)9-19/h6,10-13,16H,3-5,7-9H2,1-2H3,(H2,20,23)(H,21,22,24). The summed E-state index contributed by atoms with van der Waals surface area (Å²) in [4.78, 5) is 30.6. The van der Waals surface area contributed by atoms with Crippen LogP contribution in [0.1, 0.15) is 52.4 Å². The Morgan fingerprint density at radius 1 is 1.19 bits per heavy atom. The number of primary amides is 1.